The molecule has 1 aromatic rings. The maximum absolute atomic E-state index is 8.87. The first kappa shape index (κ1) is 9.69. The highest BCUT2D eigenvalue weighted by Gasteiger charge is 2.12. The number of likely N-dealkylation sites (N-methyl/N-ethyl adjacent to an activating group) is 1. The van der Waals surface area contributed by atoms with Crippen molar-refractivity contribution in [3.05, 3.63) is 34.9 Å². The predicted octanol–water partition coefficient (Wildman–Crippen LogP) is 1.21. The van der Waals surface area contributed by atoms with Crippen LogP contribution in [0.2, 0.25) is 0 Å². The van der Waals surface area contributed by atoms with E-state index in [1.807, 2.05) is 0 Å². The van der Waals surface area contributed by atoms with Crippen LogP contribution in [0.3, 0.4) is 0 Å². The molecule has 1 N–H and O–H groups in total. The third-order valence-electron chi connectivity index (χ3n) is 2.87. The fourth-order valence-electron chi connectivity index (χ4n) is 2.04. The van der Waals surface area contributed by atoms with Crippen molar-refractivity contribution in [2.24, 2.45) is 0 Å². The molecule has 76 valence electrons. The maximum Gasteiger partial charge on any atom is 0.0471 e. The van der Waals surface area contributed by atoms with Gasteiger partial charge in [-0.05, 0) is 36.6 Å². The predicted molar refractivity (Wildman–Crippen MR) is 57.3 cm³/mol. The van der Waals surface area contributed by atoms with Crippen molar-refractivity contribution in [3.8, 4) is 0 Å². The lowest BCUT2D eigenvalue weighted by atomic mass is 9.97. The average Bonchev–Trinajstić information content (AvgIpc) is 2.17. The van der Waals surface area contributed by atoms with E-state index in [1.54, 1.807) is 0 Å². The maximum atomic E-state index is 8.87. The van der Waals surface area contributed by atoms with E-state index in [2.05, 4.69) is 30.1 Å². The minimum Gasteiger partial charge on any atom is -0.396 e. The van der Waals surface area contributed by atoms with Crippen LogP contribution < -0.4 is 0 Å². The summed E-state index contributed by atoms with van der Waals surface area (Å²) in [5, 5.41) is 8.87. The van der Waals surface area contributed by atoms with Crippen LogP contribution in [0.4, 0.5) is 0 Å². The second-order valence-electron chi connectivity index (χ2n) is 4.06. The lowest BCUT2D eigenvalue weighted by Crippen LogP contribution is -2.26. The summed E-state index contributed by atoms with van der Waals surface area (Å²) >= 11 is 0. The van der Waals surface area contributed by atoms with Gasteiger partial charge in [0.2, 0.25) is 0 Å². The zero-order valence-corrected chi connectivity index (χ0v) is 8.66. The third-order valence-corrected chi connectivity index (χ3v) is 2.87. The molecule has 0 saturated heterocycles. The Morgan fingerprint density at radius 3 is 3.00 bits per heavy atom. The summed E-state index contributed by atoms with van der Waals surface area (Å²) in [6.45, 7) is 2.45. The highest BCUT2D eigenvalue weighted by molar-refractivity contribution is 5.33. The van der Waals surface area contributed by atoms with E-state index in [0.29, 0.717) is 0 Å². The molecule has 0 aromatic heterocycles. The Bertz CT molecular complexity index is 322. The molecule has 0 aliphatic carbocycles. The minimum atomic E-state index is 0.245. The third kappa shape index (κ3) is 1.97. The number of aliphatic hydroxyl groups is 1. The molecule has 0 unspecified atom stereocenters. The fraction of sp³-hybridized carbons (Fsp3) is 0.500. The Balaban J connectivity index is 2.24. The van der Waals surface area contributed by atoms with Gasteiger partial charge in [0.25, 0.3) is 0 Å². The van der Waals surface area contributed by atoms with Crippen molar-refractivity contribution >= 4 is 0 Å². The van der Waals surface area contributed by atoms with E-state index in [9.17, 15) is 0 Å². The number of nitrogens with zero attached hydrogens (tertiary/aromatic N) is 1. The van der Waals surface area contributed by atoms with Gasteiger partial charge in [0.1, 0.15) is 0 Å². The van der Waals surface area contributed by atoms with Gasteiger partial charge in [0.05, 0.1) is 0 Å². The minimum absolute atomic E-state index is 0.245. The Hall–Kier alpha value is -0.860. The zero-order valence-electron chi connectivity index (χ0n) is 8.66. The van der Waals surface area contributed by atoms with Crippen LogP contribution in [0.1, 0.15) is 16.7 Å². The second kappa shape index (κ2) is 4.11. The Morgan fingerprint density at radius 1 is 1.36 bits per heavy atom. The Morgan fingerprint density at radius 2 is 2.21 bits per heavy atom. The van der Waals surface area contributed by atoms with Crippen LogP contribution in [0.25, 0.3) is 0 Å². The molecule has 0 amide bonds. The van der Waals surface area contributed by atoms with Crippen molar-refractivity contribution in [1.29, 1.82) is 0 Å². The molecule has 0 fully saturated rings. The number of rotatable bonds is 2. The SMILES string of the molecule is CN1CCc2ccc(CCO)cc2C1. The summed E-state index contributed by atoms with van der Waals surface area (Å²) in [5.41, 5.74) is 4.16. The van der Waals surface area contributed by atoms with Crippen LogP contribution in [-0.4, -0.2) is 30.2 Å². The highest BCUT2D eigenvalue weighted by Crippen LogP contribution is 2.19. The molecular formula is C12H17NO. The fourth-order valence-corrected chi connectivity index (χ4v) is 2.04. The van der Waals surface area contributed by atoms with Gasteiger partial charge >= 0.3 is 0 Å². The Kier molecular flexibility index (Phi) is 2.85. The molecule has 0 spiro atoms. The molecule has 0 atom stereocenters. The molecule has 0 bridgehead atoms. The molecule has 2 rings (SSSR count). The van der Waals surface area contributed by atoms with Gasteiger partial charge in [0, 0.05) is 19.7 Å². The monoisotopic (exact) mass is 191 g/mol. The first-order valence-corrected chi connectivity index (χ1v) is 5.19. The van der Waals surface area contributed by atoms with E-state index in [0.717, 1.165) is 25.9 Å². The van der Waals surface area contributed by atoms with Gasteiger partial charge in [-0.25, -0.2) is 0 Å². The van der Waals surface area contributed by atoms with Gasteiger partial charge in [0.15, 0.2) is 0 Å². The van der Waals surface area contributed by atoms with Crippen molar-refractivity contribution in [1.82, 2.24) is 4.90 Å². The summed E-state index contributed by atoms with van der Waals surface area (Å²) in [6, 6.07) is 6.59. The van der Waals surface area contributed by atoms with Gasteiger partial charge in [-0.2, -0.15) is 0 Å². The van der Waals surface area contributed by atoms with Crippen LogP contribution in [0.15, 0.2) is 18.2 Å². The number of aliphatic hydroxyl groups excluding tert-OH is 1. The largest absolute Gasteiger partial charge is 0.396 e. The molecule has 1 aliphatic heterocycles. The summed E-state index contributed by atoms with van der Waals surface area (Å²) in [6.07, 6.45) is 1.93. The number of fused-ring (bicyclic) bond motifs is 1. The highest BCUT2D eigenvalue weighted by atomic mass is 16.2. The van der Waals surface area contributed by atoms with Crippen molar-refractivity contribution < 1.29 is 5.11 Å². The van der Waals surface area contributed by atoms with E-state index >= 15 is 0 Å². The molecule has 1 aliphatic rings. The Labute approximate surface area is 85.2 Å². The topological polar surface area (TPSA) is 23.5 Å². The van der Waals surface area contributed by atoms with Crippen molar-refractivity contribution in [2.75, 3.05) is 20.2 Å². The normalized spacial score (nSPS) is 16.7. The smallest absolute Gasteiger partial charge is 0.0471 e. The van der Waals surface area contributed by atoms with Gasteiger partial charge in [-0.1, -0.05) is 18.2 Å². The number of benzene rings is 1. The zero-order chi connectivity index (χ0) is 9.97. The lowest BCUT2D eigenvalue weighted by molar-refractivity contribution is 0.298. The molecular weight excluding hydrogens is 174 g/mol. The molecule has 0 radical (unpaired) electrons. The van der Waals surface area contributed by atoms with Gasteiger partial charge < -0.3 is 10.0 Å². The lowest BCUT2D eigenvalue weighted by Gasteiger charge is -2.25. The van der Waals surface area contributed by atoms with E-state index in [-0.39, 0.29) is 6.61 Å². The second-order valence-corrected chi connectivity index (χ2v) is 4.06. The standard InChI is InChI=1S/C12H17NO/c1-13-6-4-11-3-2-10(5-7-14)8-12(11)9-13/h2-3,8,14H,4-7,9H2,1H3. The number of hydrogen-bond acceptors (Lipinski definition) is 2. The van der Waals surface area contributed by atoms with Crippen LogP contribution in [-0.2, 0) is 19.4 Å². The first-order valence-electron chi connectivity index (χ1n) is 5.19. The van der Waals surface area contributed by atoms with Crippen molar-refractivity contribution in [2.45, 2.75) is 19.4 Å². The van der Waals surface area contributed by atoms with Crippen LogP contribution in [0.5, 0.6) is 0 Å². The number of hydrogen-bond donors (Lipinski definition) is 1. The van der Waals surface area contributed by atoms with Crippen LogP contribution in [0, 0.1) is 0 Å². The summed E-state index contributed by atoms with van der Waals surface area (Å²) in [4.78, 5) is 2.34. The summed E-state index contributed by atoms with van der Waals surface area (Å²) in [7, 11) is 2.15. The van der Waals surface area contributed by atoms with Crippen molar-refractivity contribution in [3.63, 3.8) is 0 Å². The van der Waals surface area contributed by atoms with Gasteiger partial charge in [-0.15, -0.1) is 0 Å². The molecule has 2 nitrogen and oxygen atoms in total. The molecule has 1 heterocycles. The quantitative estimate of drug-likeness (QED) is 0.759. The molecule has 0 saturated carbocycles. The molecule has 2 heteroatoms. The van der Waals surface area contributed by atoms with Crippen LogP contribution >= 0.6 is 0 Å². The summed E-state index contributed by atoms with van der Waals surface area (Å²) in [5.74, 6) is 0. The first-order chi connectivity index (χ1) is 6.79. The van der Waals surface area contributed by atoms with E-state index in [4.69, 9.17) is 5.11 Å². The van der Waals surface area contributed by atoms with Gasteiger partial charge in [-0.3, -0.25) is 0 Å². The summed E-state index contributed by atoms with van der Waals surface area (Å²) < 4.78 is 0. The average molecular weight is 191 g/mol. The van der Waals surface area contributed by atoms with E-state index < -0.39 is 0 Å². The molecule has 1 aromatic carbocycles. The molecule has 14 heavy (non-hydrogen) atoms. The van der Waals surface area contributed by atoms with E-state index in [1.165, 1.54) is 16.7 Å².